The zero-order valence-corrected chi connectivity index (χ0v) is 16.1. The number of benzene rings is 1. The second kappa shape index (κ2) is 8.75. The molecular formula is C21H31N3O. The Hall–Kier alpha value is -2.23. The molecule has 0 bridgehead atoms. The SMILES string of the molecule is Cc1cc(C)c(Cn2cccc2CNC(=O)NCCC(C)C)c(C)c1. The van der Waals surface area contributed by atoms with Crippen molar-refractivity contribution >= 4 is 6.03 Å². The van der Waals surface area contributed by atoms with E-state index in [-0.39, 0.29) is 6.03 Å². The second-order valence-corrected chi connectivity index (χ2v) is 7.30. The molecule has 1 aromatic heterocycles. The van der Waals surface area contributed by atoms with Crippen molar-refractivity contribution in [2.24, 2.45) is 5.92 Å². The molecule has 2 rings (SSSR count). The second-order valence-electron chi connectivity index (χ2n) is 7.30. The largest absolute Gasteiger partial charge is 0.345 e. The Labute approximate surface area is 151 Å². The van der Waals surface area contributed by atoms with Gasteiger partial charge in [0.2, 0.25) is 0 Å². The minimum Gasteiger partial charge on any atom is -0.345 e. The summed E-state index contributed by atoms with van der Waals surface area (Å²) in [4.78, 5) is 11.9. The summed E-state index contributed by atoms with van der Waals surface area (Å²) in [7, 11) is 0. The predicted molar refractivity (Wildman–Crippen MR) is 104 cm³/mol. The van der Waals surface area contributed by atoms with Gasteiger partial charge in [0.25, 0.3) is 0 Å². The fraction of sp³-hybridized carbons (Fsp3) is 0.476. The van der Waals surface area contributed by atoms with Crippen LogP contribution in [0.3, 0.4) is 0 Å². The lowest BCUT2D eigenvalue weighted by molar-refractivity contribution is 0.239. The summed E-state index contributed by atoms with van der Waals surface area (Å²) >= 11 is 0. The fourth-order valence-electron chi connectivity index (χ4n) is 3.10. The van der Waals surface area contributed by atoms with Crippen LogP contribution in [-0.2, 0) is 13.1 Å². The third-order valence-corrected chi connectivity index (χ3v) is 4.53. The first-order chi connectivity index (χ1) is 11.9. The molecule has 2 aromatic rings. The summed E-state index contributed by atoms with van der Waals surface area (Å²) in [5, 5.41) is 5.86. The Morgan fingerprint density at radius 1 is 1.12 bits per heavy atom. The maximum atomic E-state index is 11.9. The molecule has 2 amide bonds. The lowest BCUT2D eigenvalue weighted by atomic mass is 10.00. The molecule has 0 aliphatic heterocycles. The Kier molecular flexibility index (Phi) is 6.68. The fourth-order valence-corrected chi connectivity index (χ4v) is 3.10. The van der Waals surface area contributed by atoms with E-state index in [2.05, 4.69) is 74.2 Å². The van der Waals surface area contributed by atoms with Gasteiger partial charge >= 0.3 is 6.03 Å². The van der Waals surface area contributed by atoms with Gasteiger partial charge in [0.15, 0.2) is 0 Å². The van der Waals surface area contributed by atoms with Gasteiger partial charge in [-0.1, -0.05) is 31.5 Å². The smallest absolute Gasteiger partial charge is 0.315 e. The number of urea groups is 1. The van der Waals surface area contributed by atoms with Crippen molar-refractivity contribution in [2.45, 2.75) is 54.1 Å². The van der Waals surface area contributed by atoms with E-state index in [1.807, 2.05) is 6.07 Å². The molecule has 0 unspecified atom stereocenters. The number of aromatic nitrogens is 1. The highest BCUT2D eigenvalue weighted by Gasteiger charge is 2.08. The highest BCUT2D eigenvalue weighted by atomic mass is 16.2. The molecule has 4 heteroatoms. The van der Waals surface area contributed by atoms with Gasteiger partial charge in [-0.3, -0.25) is 0 Å². The molecule has 2 N–H and O–H groups in total. The zero-order chi connectivity index (χ0) is 18.4. The molecule has 136 valence electrons. The molecule has 0 radical (unpaired) electrons. The molecule has 1 aromatic carbocycles. The van der Waals surface area contributed by atoms with Crippen molar-refractivity contribution in [3.05, 3.63) is 58.4 Å². The highest BCUT2D eigenvalue weighted by molar-refractivity contribution is 5.73. The van der Waals surface area contributed by atoms with Gasteiger partial charge in [-0.25, -0.2) is 4.79 Å². The Morgan fingerprint density at radius 2 is 1.80 bits per heavy atom. The van der Waals surface area contributed by atoms with E-state index in [0.717, 1.165) is 18.7 Å². The lowest BCUT2D eigenvalue weighted by Gasteiger charge is -2.15. The van der Waals surface area contributed by atoms with E-state index in [0.29, 0.717) is 19.0 Å². The van der Waals surface area contributed by atoms with Crippen LogP contribution in [0.1, 0.15) is 48.2 Å². The molecule has 0 saturated carbocycles. The van der Waals surface area contributed by atoms with Crippen molar-refractivity contribution in [3.8, 4) is 0 Å². The van der Waals surface area contributed by atoms with Crippen LogP contribution in [0, 0.1) is 26.7 Å². The van der Waals surface area contributed by atoms with Crippen LogP contribution in [0.4, 0.5) is 4.79 Å². The monoisotopic (exact) mass is 341 g/mol. The zero-order valence-electron chi connectivity index (χ0n) is 16.1. The summed E-state index contributed by atoms with van der Waals surface area (Å²) in [5.74, 6) is 0.596. The third kappa shape index (κ3) is 5.66. The number of nitrogens with zero attached hydrogens (tertiary/aromatic N) is 1. The lowest BCUT2D eigenvalue weighted by Crippen LogP contribution is -2.36. The van der Waals surface area contributed by atoms with Crippen LogP contribution in [0.25, 0.3) is 0 Å². The van der Waals surface area contributed by atoms with Crippen molar-refractivity contribution in [2.75, 3.05) is 6.54 Å². The predicted octanol–water partition coefficient (Wildman–Crippen LogP) is 4.31. The van der Waals surface area contributed by atoms with E-state index < -0.39 is 0 Å². The highest BCUT2D eigenvalue weighted by Crippen LogP contribution is 2.18. The van der Waals surface area contributed by atoms with Crippen LogP contribution >= 0.6 is 0 Å². The van der Waals surface area contributed by atoms with Gasteiger partial charge in [0.1, 0.15) is 0 Å². The number of carbonyl (C=O) groups excluding carboxylic acids is 1. The number of carbonyl (C=O) groups is 1. The van der Waals surface area contributed by atoms with Crippen LogP contribution in [0.5, 0.6) is 0 Å². The van der Waals surface area contributed by atoms with Crippen LogP contribution < -0.4 is 10.6 Å². The molecule has 0 aliphatic rings. The number of rotatable bonds is 7. The van der Waals surface area contributed by atoms with Crippen molar-refractivity contribution in [3.63, 3.8) is 0 Å². The Bertz CT molecular complexity index is 693. The van der Waals surface area contributed by atoms with E-state index in [4.69, 9.17) is 0 Å². The van der Waals surface area contributed by atoms with Crippen molar-refractivity contribution in [1.82, 2.24) is 15.2 Å². The summed E-state index contributed by atoms with van der Waals surface area (Å²) in [5.41, 5.74) is 6.39. The maximum Gasteiger partial charge on any atom is 0.315 e. The van der Waals surface area contributed by atoms with E-state index >= 15 is 0 Å². The first-order valence-corrected chi connectivity index (χ1v) is 9.09. The number of hydrogen-bond acceptors (Lipinski definition) is 1. The minimum absolute atomic E-state index is 0.101. The van der Waals surface area contributed by atoms with Gasteiger partial charge in [0, 0.05) is 25.0 Å². The van der Waals surface area contributed by atoms with Crippen LogP contribution in [0.2, 0.25) is 0 Å². The minimum atomic E-state index is -0.101. The Morgan fingerprint density at radius 3 is 2.44 bits per heavy atom. The number of hydrogen-bond donors (Lipinski definition) is 2. The normalized spacial score (nSPS) is 11.0. The Balaban J connectivity index is 1.96. The average Bonchev–Trinajstić information content (AvgIpc) is 2.95. The van der Waals surface area contributed by atoms with Crippen LogP contribution in [0.15, 0.2) is 30.5 Å². The molecule has 25 heavy (non-hydrogen) atoms. The summed E-state index contributed by atoms with van der Waals surface area (Å²) in [6, 6.07) is 8.45. The standard InChI is InChI=1S/C21H31N3O/c1-15(2)8-9-22-21(25)23-13-19-7-6-10-24(19)14-20-17(4)11-16(3)12-18(20)5/h6-7,10-12,15H,8-9,13-14H2,1-5H3,(H2,22,23,25). The molecule has 0 fully saturated rings. The summed E-state index contributed by atoms with van der Waals surface area (Å²) in [6.45, 7) is 12.8. The van der Waals surface area contributed by atoms with Gasteiger partial charge < -0.3 is 15.2 Å². The van der Waals surface area contributed by atoms with Gasteiger partial charge in [-0.2, -0.15) is 0 Å². The number of nitrogens with one attached hydrogen (secondary N) is 2. The molecule has 0 spiro atoms. The van der Waals surface area contributed by atoms with E-state index in [1.54, 1.807) is 0 Å². The van der Waals surface area contributed by atoms with Crippen molar-refractivity contribution < 1.29 is 4.79 Å². The number of amides is 2. The first-order valence-electron chi connectivity index (χ1n) is 9.09. The van der Waals surface area contributed by atoms with E-state index in [1.165, 1.54) is 22.3 Å². The quantitative estimate of drug-likeness (QED) is 0.774. The maximum absolute atomic E-state index is 11.9. The summed E-state index contributed by atoms with van der Waals surface area (Å²) < 4.78 is 2.21. The van der Waals surface area contributed by atoms with Gasteiger partial charge in [0.05, 0.1) is 6.54 Å². The molecule has 0 saturated heterocycles. The van der Waals surface area contributed by atoms with Crippen molar-refractivity contribution in [1.29, 1.82) is 0 Å². The van der Waals surface area contributed by atoms with Gasteiger partial charge in [-0.05, 0) is 61.9 Å². The molecule has 1 heterocycles. The number of aryl methyl sites for hydroxylation is 3. The van der Waals surface area contributed by atoms with E-state index in [9.17, 15) is 4.79 Å². The molecule has 4 nitrogen and oxygen atoms in total. The summed E-state index contributed by atoms with van der Waals surface area (Å²) in [6.07, 6.45) is 3.07. The average molecular weight is 341 g/mol. The molecule has 0 atom stereocenters. The third-order valence-electron chi connectivity index (χ3n) is 4.53. The molecule has 0 aliphatic carbocycles. The molecular weight excluding hydrogens is 310 g/mol. The van der Waals surface area contributed by atoms with Crippen LogP contribution in [-0.4, -0.2) is 17.1 Å². The van der Waals surface area contributed by atoms with Gasteiger partial charge in [-0.15, -0.1) is 0 Å². The topological polar surface area (TPSA) is 46.1 Å². The first kappa shape index (κ1) is 19.1.